The van der Waals surface area contributed by atoms with Crippen molar-refractivity contribution in [3.8, 4) is 0 Å². The molecular weight excluding hydrogens is 302 g/mol. The Kier molecular flexibility index (Phi) is 8.76. The minimum absolute atomic E-state index is 0.121. The van der Waals surface area contributed by atoms with E-state index in [4.69, 9.17) is 0 Å². The molecule has 0 radical (unpaired) electrons. The molecule has 0 unspecified atom stereocenters. The molecule has 0 saturated heterocycles. The van der Waals surface area contributed by atoms with Gasteiger partial charge in [0, 0.05) is 25.5 Å². The smallest absolute Gasteiger partial charge is 0.256 e. The van der Waals surface area contributed by atoms with Gasteiger partial charge in [0.05, 0.1) is 0 Å². The predicted octanol–water partition coefficient (Wildman–Crippen LogP) is 2.79. The van der Waals surface area contributed by atoms with Crippen LogP contribution in [0.3, 0.4) is 0 Å². The van der Waals surface area contributed by atoms with Crippen molar-refractivity contribution in [1.82, 2.24) is 15.6 Å². The summed E-state index contributed by atoms with van der Waals surface area (Å²) in [4.78, 5) is 28.8. The fourth-order valence-electron chi connectivity index (χ4n) is 2.00. The van der Waals surface area contributed by atoms with Crippen LogP contribution in [0.1, 0.15) is 46.1 Å². The minimum atomic E-state index is -0.346. The molecule has 0 aliphatic heterocycles. The van der Waals surface area contributed by atoms with E-state index in [-0.39, 0.29) is 17.4 Å². The van der Waals surface area contributed by atoms with Crippen molar-refractivity contribution >= 4 is 17.9 Å². The topological polar surface area (TPSA) is 71.1 Å². The van der Waals surface area contributed by atoms with Gasteiger partial charge in [-0.1, -0.05) is 33.8 Å². The molecule has 5 heteroatoms. The summed E-state index contributed by atoms with van der Waals surface area (Å²) in [5.74, 6) is 0.301. The van der Waals surface area contributed by atoms with E-state index in [0.717, 1.165) is 18.4 Å². The molecule has 0 aliphatic carbocycles. The van der Waals surface area contributed by atoms with Crippen LogP contribution in [0.5, 0.6) is 0 Å². The number of nitrogens with zero attached hydrogens (tertiary/aromatic N) is 1. The van der Waals surface area contributed by atoms with E-state index >= 15 is 0 Å². The van der Waals surface area contributed by atoms with Crippen LogP contribution in [0.25, 0.3) is 6.08 Å². The van der Waals surface area contributed by atoms with Crippen LogP contribution in [-0.2, 0) is 9.59 Å². The van der Waals surface area contributed by atoms with Crippen LogP contribution in [0.15, 0.2) is 30.1 Å². The number of carbonyl (C=O) groups is 2. The quantitative estimate of drug-likeness (QED) is 0.415. The monoisotopic (exact) mass is 331 g/mol. The molecule has 0 saturated carbocycles. The fourth-order valence-corrected chi connectivity index (χ4v) is 2.00. The van der Waals surface area contributed by atoms with Gasteiger partial charge in [-0.3, -0.25) is 14.6 Å². The van der Waals surface area contributed by atoms with Crippen LogP contribution < -0.4 is 10.6 Å². The molecule has 0 bridgehead atoms. The van der Waals surface area contributed by atoms with Crippen LogP contribution in [0.2, 0.25) is 0 Å². The van der Waals surface area contributed by atoms with Crippen molar-refractivity contribution in [2.75, 3.05) is 13.1 Å². The van der Waals surface area contributed by atoms with Gasteiger partial charge in [0.25, 0.3) is 11.8 Å². The van der Waals surface area contributed by atoms with Crippen molar-refractivity contribution in [2.45, 2.75) is 40.5 Å². The lowest BCUT2D eigenvalue weighted by molar-refractivity contribution is -0.123. The van der Waals surface area contributed by atoms with E-state index in [1.54, 1.807) is 24.5 Å². The molecule has 1 aromatic rings. The second kappa shape index (κ2) is 10.6. The maximum absolute atomic E-state index is 12.4. The molecule has 2 amide bonds. The maximum atomic E-state index is 12.4. The Balaban J connectivity index is 2.81. The number of nitrogens with one attached hydrogen (secondary N) is 2. The first-order valence-corrected chi connectivity index (χ1v) is 8.58. The number of hydrogen-bond donors (Lipinski definition) is 2. The van der Waals surface area contributed by atoms with Crippen LogP contribution in [-0.4, -0.2) is 29.9 Å². The second-order valence-corrected chi connectivity index (χ2v) is 6.72. The number of aromatic nitrogens is 1. The van der Waals surface area contributed by atoms with Gasteiger partial charge in [0.1, 0.15) is 5.57 Å². The highest BCUT2D eigenvalue weighted by Crippen LogP contribution is 2.07. The van der Waals surface area contributed by atoms with E-state index in [1.807, 2.05) is 6.07 Å². The first kappa shape index (κ1) is 19.9. The predicted molar refractivity (Wildman–Crippen MR) is 97.1 cm³/mol. The summed E-state index contributed by atoms with van der Waals surface area (Å²) in [5, 5.41) is 5.65. The molecular formula is C19H29N3O2. The highest BCUT2D eigenvalue weighted by Gasteiger charge is 2.18. The third-order valence-corrected chi connectivity index (χ3v) is 3.50. The van der Waals surface area contributed by atoms with Crippen LogP contribution in [0, 0.1) is 11.8 Å². The Labute approximate surface area is 144 Å². The van der Waals surface area contributed by atoms with Crippen LogP contribution >= 0.6 is 0 Å². The highest BCUT2D eigenvalue weighted by molar-refractivity contribution is 6.21. The van der Waals surface area contributed by atoms with E-state index in [9.17, 15) is 9.59 Å². The lowest BCUT2D eigenvalue weighted by atomic mass is 10.1. The zero-order valence-corrected chi connectivity index (χ0v) is 15.1. The summed E-state index contributed by atoms with van der Waals surface area (Å²) in [5.41, 5.74) is 0.848. The van der Waals surface area contributed by atoms with E-state index < -0.39 is 0 Å². The van der Waals surface area contributed by atoms with Gasteiger partial charge in [-0.25, -0.2) is 0 Å². The van der Waals surface area contributed by atoms with E-state index in [2.05, 4.69) is 43.3 Å². The zero-order chi connectivity index (χ0) is 17.9. The molecule has 1 heterocycles. The number of hydrogen-bond acceptors (Lipinski definition) is 3. The average Bonchev–Trinajstić information content (AvgIpc) is 2.52. The standard InChI is InChI=1S/C19H29N3O2/c1-14(2)7-10-21-18(23)17(12-16-6-5-9-20-13-16)19(24)22-11-8-15(3)4/h5-6,9,12-15H,7-8,10-11H2,1-4H3,(H,21,23)(H,22,24). The number of pyridine rings is 1. The lowest BCUT2D eigenvalue weighted by Crippen LogP contribution is -2.36. The molecule has 0 spiro atoms. The molecule has 1 aromatic heterocycles. The molecule has 0 fully saturated rings. The molecule has 24 heavy (non-hydrogen) atoms. The van der Waals surface area contributed by atoms with Crippen molar-refractivity contribution in [3.63, 3.8) is 0 Å². The molecule has 5 nitrogen and oxygen atoms in total. The van der Waals surface area contributed by atoms with Gasteiger partial charge in [-0.05, 0) is 42.4 Å². The average molecular weight is 331 g/mol. The Morgan fingerprint density at radius 3 is 2.00 bits per heavy atom. The van der Waals surface area contributed by atoms with Gasteiger partial charge in [0.2, 0.25) is 0 Å². The number of carbonyl (C=O) groups excluding carboxylic acids is 2. The second-order valence-electron chi connectivity index (χ2n) is 6.72. The zero-order valence-electron chi connectivity index (χ0n) is 15.1. The summed E-state index contributed by atoms with van der Waals surface area (Å²) in [7, 11) is 0. The molecule has 0 aliphatic rings. The fraction of sp³-hybridized carbons (Fsp3) is 0.526. The number of rotatable bonds is 9. The summed E-state index contributed by atoms with van der Waals surface area (Å²) in [6.45, 7) is 9.49. The third kappa shape index (κ3) is 7.90. The summed E-state index contributed by atoms with van der Waals surface area (Å²) in [6.07, 6.45) is 6.62. The first-order chi connectivity index (χ1) is 11.4. The largest absolute Gasteiger partial charge is 0.352 e. The maximum Gasteiger partial charge on any atom is 0.256 e. The summed E-state index contributed by atoms with van der Waals surface area (Å²) >= 11 is 0. The van der Waals surface area contributed by atoms with Crippen molar-refractivity contribution in [1.29, 1.82) is 0 Å². The van der Waals surface area contributed by atoms with Gasteiger partial charge in [0.15, 0.2) is 0 Å². The highest BCUT2D eigenvalue weighted by atomic mass is 16.2. The normalized spacial score (nSPS) is 10.6. The Morgan fingerprint density at radius 2 is 1.58 bits per heavy atom. The molecule has 0 aromatic carbocycles. The molecule has 2 N–H and O–H groups in total. The van der Waals surface area contributed by atoms with Crippen LogP contribution in [0.4, 0.5) is 0 Å². The first-order valence-electron chi connectivity index (χ1n) is 8.58. The molecule has 132 valence electrons. The van der Waals surface area contributed by atoms with E-state index in [0.29, 0.717) is 24.9 Å². The third-order valence-electron chi connectivity index (χ3n) is 3.50. The Hall–Kier alpha value is -2.17. The Morgan fingerprint density at radius 1 is 1.04 bits per heavy atom. The molecule has 0 atom stereocenters. The lowest BCUT2D eigenvalue weighted by Gasteiger charge is -2.12. The van der Waals surface area contributed by atoms with Gasteiger partial charge in [-0.15, -0.1) is 0 Å². The molecule has 1 rings (SSSR count). The van der Waals surface area contributed by atoms with E-state index in [1.165, 1.54) is 0 Å². The van der Waals surface area contributed by atoms with Crippen molar-refractivity contribution in [2.24, 2.45) is 11.8 Å². The summed E-state index contributed by atoms with van der Waals surface area (Å²) in [6, 6.07) is 3.59. The number of amides is 2. The Bertz CT molecular complexity index is 523. The van der Waals surface area contributed by atoms with Gasteiger partial charge < -0.3 is 10.6 Å². The van der Waals surface area contributed by atoms with Gasteiger partial charge in [-0.2, -0.15) is 0 Å². The SMILES string of the molecule is CC(C)CCNC(=O)C(=Cc1cccnc1)C(=O)NCCC(C)C. The van der Waals surface area contributed by atoms with Crippen molar-refractivity contribution < 1.29 is 9.59 Å². The van der Waals surface area contributed by atoms with Crippen molar-refractivity contribution in [3.05, 3.63) is 35.7 Å². The summed E-state index contributed by atoms with van der Waals surface area (Å²) < 4.78 is 0. The van der Waals surface area contributed by atoms with Gasteiger partial charge >= 0.3 is 0 Å². The minimum Gasteiger partial charge on any atom is -0.352 e.